The lowest BCUT2D eigenvalue weighted by Gasteiger charge is -2.13. The molecule has 2 aromatic carbocycles. The largest absolute Gasteiger partial charge is 0.329 e. The number of carbonyl (C=O) groups excluding carboxylic acids is 3. The molecule has 144 valence electrons. The molecule has 8 heteroatoms. The van der Waals surface area contributed by atoms with Crippen molar-refractivity contribution in [1.82, 2.24) is 10.2 Å². The molecule has 0 atom stereocenters. The topological polar surface area (TPSA) is 78.5 Å². The SMILES string of the molecule is CCc1ccccc1NC(=O)CN1C(=O)N/C(=C/c2ccc(Cl)c(Cl)c2)C1=O. The van der Waals surface area contributed by atoms with E-state index in [2.05, 4.69) is 10.6 Å². The molecule has 0 unspecified atom stereocenters. The normalized spacial score (nSPS) is 15.1. The lowest BCUT2D eigenvalue weighted by Crippen LogP contribution is -2.38. The van der Waals surface area contributed by atoms with E-state index in [0.29, 0.717) is 21.3 Å². The van der Waals surface area contributed by atoms with E-state index in [1.165, 1.54) is 6.08 Å². The highest BCUT2D eigenvalue weighted by Gasteiger charge is 2.35. The van der Waals surface area contributed by atoms with Gasteiger partial charge in [0, 0.05) is 5.69 Å². The first kappa shape index (κ1) is 19.9. The van der Waals surface area contributed by atoms with Gasteiger partial charge in [0.2, 0.25) is 5.91 Å². The van der Waals surface area contributed by atoms with Crippen LogP contribution in [-0.4, -0.2) is 29.3 Å². The van der Waals surface area contributed by atoms with E-state index in [-0.39, 0.29) is 12.2 Å². The Labute approximate surface area is 172 Å². The number of hydrogen-bond acceptors (Lipinski definition) is 3. The molecule has 0 aliphatic carbocycles. The maximum atomic E-state index is 12.5. The van der Waals surface area contributed by atoms with Gasteiger partial charge in [-0.25, -0.2) is 9.69 Å². The van der Waals surface area contributed by atoms with Crippen molar-refractivity contribution in [1.29, 1.82) is 0 Å². The second-order valence-electron chi connectivity index (χ2n) is 6.11. The second-order valence-corrected chi connectivity index (χ2v) is 6.93. The third-order valence-electron chi connectivity index (χ3n) is 4.19. The van der Waals surface area contributed by atoms with E-state index in [9.17, 15) is 14.4 Å². The number of nitrogens with zero attached hydrogens (tertiary/aromatic N) is 1. The van der Waals surface area contributed by atoms with E-state index < -0.39 is 17.8 Å². The predicted molar refractivity (Wildman–Crippen MR) is 109 cm³/mol. The van der Waals surface area contributed by atoms with Crippen molar-refractivity contribution in [2.24, 2.45) is 0 Å². The van der Waals surface area contributed by atoms with Crippen molar-refractivity contribution in [3.8, 4) is 0 Å². The minimum atomic E-state index is -0.657. The van der Waals surface area contributed by atoms with Crippen LogP contribution in [0.4, 0.5) is 10.5 Å². The van der Waals surface area contributed by atoms with Crippen molar-refractivity contribution in [3.05, 3.63) is 69.3 Å². The van der Waals surface area contributed by atoms with E-state index in [4.69, 9.17) is 23.2 Å². The minimum Gasteiger partial charge on any atom is -0.324 e. The Morgan fingerprint density at radius 3 is 2.61 bits per heavy atom. The van der Waals surface area contributed by atoms with Crippen LogP contribution in [0.3, 0.4) is 0 Å². The predicted octanol–water partition coefficient (Wildman–Crippen LogP) is 4.09. The molecule has 0 aromatic heterocycles. The summed E-state index contributed by atoms with van der Waals surface area (Å²) < 4.78 is 0. The number of anilines is 1. The fraction of sp³-hybridized carbons (Fsp3) is 0.150. The lowest BCUT2D eigenvalue weighted by atomic mass is 10.1. The smallest absolute Gasteiger partial charge is 0.324 e. The molecule has 1 heterocycles. The molecule has 1 saturated heterocycles. The zero-order chi connectivity index (χ0) is 20.3. The Bertz CT molecular complexity index is 988. The van der Waals surface area contributed by atoms with Crippen molar-refractivity contribution in [2.45, 2.75) is 13.3 Å². The van der Waals surface area contributed by atoms with Gasteiger partial charge in [-0.2, -0.15) is 0 Å². The zero-order valence-corrected chi connectivity index (χ0v) is 16.5. The number of hydrogen-bond donors (Lipinski definition) is 2. The molecule has 2 aromatic rings. The van der Waals surface area contributed by atoms with Gasteiger partial charge >= 0.3 is 6.03 Å². The molecule has 28 heavy (non-hydrogen) atoms. The number of nitrogens with one attached hydrogen (secondary N) is 2. The fourth-order valence-corrected chi connectivity index (χ4v) is 3.07. The summed E-state index contributed by atoms with van der Waals surface area (Å²) in [7, 11) is 0. The van der Waals surface area contributed by atoms with Gasteiger partial charge in [0.25, 0.3) is 5.91 Å². The number of carbonyl (C=O) groups is 3. The van der Waals surface area contributed by atoms with Gasteiger partial charge in [0.05, 0.1) is 10.0 Å². The summed E-state index contributed by atoms with van der Waals surface area (Å²) in [5, 5.41) is 5.93. The van der Waals surface area contributed by atoms with Crippen LogP contribution in [0, 0.1) is 0 Å². The molecule has 6 nitrogen and oxygen atoms in total. The number of amides is 4. The third kappa shape index (κ3) is 4.35. The first-order valence-corrected chi connectivity index (χ1v) is 9.32. The molecule has 1 fully saturated rings. The first-order chi connectivity index (χ1) is 13.4. The van der Waals surface area contributed by atoms with Crippen LogP contribution in [-0.2, 0) is 16.0 Å². The molecular formula is C20H17Cl2N3O3. The zero-order valence-electron chi connectivity index (χ0n) is 15.0. The van der Waals surface area contributed by atoms with Crippen LogP contribution in [0.2, 0.25) is 10.0 Å². The van der Waals surface area contributed by atoms with E-state index >= 15 is 0 Å². The molecule has 3 rings (SSSR count). The highest BCUT2D eigenvalue weighted by molar-refractivity contribution is 6.42. The van der Waals surface area contributed by atoms with Gasteiger partial charge in [-0.05, 0) is 41.8 Å². The summed E-state index contributed by atoms with van der Waals surface area (Å²) in [4.78, 5) is 37.9. The molecule has 0 saturated carbocycles. The number of imide groups is 1. The Hall–Kier alpha value is -2.83. The van der Waals surface area contributed by atoms with Gasteiger partial charge < -0.3 is 10.6 Å². The van der Waals surface area contributed by atoms with E-state index in [1.54, 1.807) is 30.3 Å². The maximum Gasteiger partial charge on any atom is 0.329 e. The molecule has 1 aliphatic rings. The quantitative estimate of drug-likeness (QED) is 0.567. The highest BCUT2D eigenvalue weighted by Crippen LogP contribution is 2.24. The number of aryl methyl sites for hydroxylation is 1. The van der Waals surface area contributed by atoms with Crippen LogP contribution in [0.5, 0.6) is 0 Å². The summed E-state index contributed by atoms with van der Waals surface area (Å²) in [5.74, 6) is -1.05. The summed E-state index contributed by atoms with van der Waals surface area (Å²) in [6, 6.07) is 11.5. The summed E-state index contributed by atoms with van der Waals surface area (Å²) in [6.45, 7) is 1.59. The second kappa shape index (κ2) is 8.46. The highest BCUT2D eigenvalue weighted by atomic mass is 35.5. The number of para-hydroxylation sites is 1. The lowest BCUT2D eigenvalue weighted by molar-refractivity contribution is -0.127. The molecule has 1 aliphatic heterocycles. The van der Waals surface area contributed by atoms with Gasteiger partial charge in [-0.15, -0.1) is 0 Å². The van der Waals surface area contributed by atoms with Crippen LogP contribution >= 0.6 is 23.2 Å². The Morgan fingerprint density at radius 2 is 1.89 bits per heavy atom. The maximum absolute atomic E-state index is 12.5. The molecule has 4 amide bonds. The molecule has 0 radical (unpaired) electrons. The number of rotatable bonds is 5. The van der Waals surface area contributed by atoms with Crippen molar-refractivity contribution in [2.75, 3.05) is 11.9 Å². The monoisotopic (exact) mass is 417 g/mol. The van der Waals surface area contributed by atoms with Gasteiger partial charge in [-0.1, -0.05) is 54.4 Å². The third-order valence-corrected chi connectivity index (χ3v) is 4.93. The van der Waals surface area contributed by atoms with Crippen molar-refractivity contribution in [3.63, 3.8) is 0 Å². The summed E-state index contributed by atoms with van der Waals surface area (Å²) in [6.07, 6.45) is 2.23. The Kier molecular flexibility index (Phi) is 6.02. The minimum absolute atomic E-state index is 0.0603. The van der Waals surface area contributed by atoms with Crippen LogP contribution < -0.4 is 10.6 Å². The van der Waals surface area contributed by atoms with Crippen LogP contribution in [0.1, 0.15) is 18.1 Å². The fourth-order valence-electron chi connectivity index (χ4n) is 2.77. The molecule has 2 N–H and O–H groups in total. The first-order valence-electron chi connectivity index (χ1n) is 8.56. The van der Waals surface area contributed by atoms with Gasteiger partial charge in [-0.3, -0.25) is 9.59 Å². The summed E-state index contributed by atoms with van der Waals surface area (Å²) in [5.41, 5.74) is 2.29. The Morgan fingerprint density at radius 1 is 1.14 bits per heavy atom. The van der Waals surface area contributed by atoms with Gasteiger partial charge in [0.1, 0.15) is 12.2 Å². The standard InChI is InChI=1S/C20H17Cl2N3O3/c1-2-13-5-3-4-6-16(13)23-18(26)11-25-19(27)17(24-20(25)28)10-12-7-8-14(21)15(22)9-12/h3-10H,2,11H2,1H3,(H,23,26)(H,24,28)/b17-10+. The van der Waals surface area contributed by atoms with Crippen molar-refractivity contribution >= 4 is 52.8 Å². The van der Waals surface area contributed by atoms with Crippen LogP contribution in [0.15, 0.2) is 48.2 Å². The Balaban J connectivity index is 1.72. The number of halogens is 2. The van der Waals surface area contributed by atoms with E-state index in [1.807, 2.05) is 19.1 Å². The summed E-state index contributed by atoms with van der Waals surface area (Å²) >= 11 is 11.8. The molecule has 0 spiro atoms. The number of urea groups is 1. The van der Waals surface area contributed by atoms with Crippen molar-refractivity contribution < 1.29 is 14.4 Å². The number of benzene rings is 2. The average molecular weight is 418 g/mol. The average Bonchev–Trinajstić information content (AvgIpc) is 2.92. The van der Waals surface area contributed by atoms with Gasteiger partial charge in [0.15, 0.2) is 0 Å². The molecule has 0 bridgehead atoms. The van der Waals surface area contributed by atoms with E-state index in [0.717, 1.165) is 16.9 Å². The molecular weight excluding hydrogens is 401 g/mol. The van der Waals surface area contributed by atoms with Crippen LogP contribution in [0.25, 0.3) is 6.08 Å².